The quantitative estimate of drug-likeness (QED) is 0.857. The van der Waals surface area contributed by atoms with E-state index in [-0.39, 0.29) is 6.42 Å². The maximum atomic E-state index is 10.4. The summed E-state index contributed by atoms with van der Waals surface area (Å²) in [6, 6.07) is 7.87. The number of para-hydroxylation sites is 1. The van der Waals surface area contributed by atoms with E-state index in [9.17, 15) is 4.79 Å². The summed E-state index contributed by atoms with van der Waals surface area (Å²) in [5.74, 6) is 0.149. The maximum Gasteiger partial charge on any atom is 0.303 e. The number of rotatable bonds is 4. The first-order valence-electron chi connectivity index (χ1n) is 5.37. The molecule has 0 radical (unpaired) electrons. The predicted molar refractivity (Wildman–Crippen MR) is 61.5 cm³/mol. The van der Waals surface area contributed by atoms with E-state index in [2.05, 4.69) is 0 Å². The molecule has 0 spiro atoms. The highest BCUT2D eigenvalue weighted by Gasteiger charge is 2.09. The second-order valence-corrected chi connectivity index (χ2v) is 3.89. The zero-order chi connectivity index (χ0) is 11.5. The van der Waals surface area contributed by atoms with Crippen LogP contribution in [0.4, 0.5) is 0 Å². The third-order valence-electron chi connectivity index (χ3n) is 2.74. The molecule has 1 N–H and O–H groups in total. The van der Waals surface area contributed by atoms with Gasteiger partial charge in [-0.25, -0.2) is 0 Å². The van der Waals surface area contributed by atoms with E-state index in [0.717, 1.165) is 22.3 Å². The maximum absolute atomic E-state index is 10.4. The zero-order valence-electron chi connectivity index (χ0n) is 9.19. The van der Waals surface area contributed by atoms with Gasteiger partial charge in [0.05, 0.1) is 0 Å². The van der Waals surface area contributed by atoms with Crippen molar-refractivity contribution in [1.82, 2.24) is 0 Å². The molecular formula is C13H14O3. The van der Waals surface area contributed by atoms with Crippen molar-refractivity contribution in [2.75, 3.05) is 0 Å². The van der Waals surface area contributed by atoms with Gasteiger partial charge < -0.3 is 9.52 Å². The van der Waals surface area contributed by atoms with Crippen molar-refractivity contribution in [2.45, 2.75) is 26.2 Å². The highest BCUT2D eigenvalue weighted by molar-refractivity contribution is 5.81. The Balaban J connectivity index is 2.18. The first kappa shape index (κ1) is 10.7. The Morgan fingerprint density at radius 3 is 2.81 bits per heavy atom. The van der Waals surface area contributed by atoms with Gasteiger partial charge in [-0.15, -0.1) is 0 Å². The molecule has 0 fully saturated rings. The number of hydrogen-bond acceptors (Lipinski definition) is 2. The Morgan fingerprint density at radius 1 is 1.38 bits per heavy atom. The van der Waals surface area contributed by atoms with E-state index in [0.29, 0.717) is 12.8 Å². The summed E-state index contributed by atoms with van der Waals surface area (Å²) in [5, 5.41) is 9.69. The average molecular weight is 218 g/mol. The van der Waals surface area contributed by atoms with Gasteiger partial charge in [-0.2, -0.15) is 0 Å². The largest absolute Gasteiger partial charge is 0.481 e. The number of aryl methyl sites for hydroxylation is 2. The van der Waals surface area contributed by atoms with E-state index in [1.807, 2.05) is 31.2 Å². The molecule has 2 rings (SSSR count). The van der Waals surface area contributed by atoms with Crippen molar-refractivity contribution < 1.29 is 14.3 Å². The number of aliphatic carboxylic acids is 1. The van der Waals surface area contributed by atoms with E-state index in [1.54, 1.807) is 0 Å². The van der Waals surface area contributed by atoms with Crippen LogP contribution in [0, 0.1) is 6.92 Å². The molecule has 1 heterocycles. The van der Waals surface area contributed by atoms with Gasteiger partial charge in [-0.3, -0.25) is 4.79 Å². The van der Waals surface area contributed by atoms with Crippen molar-refractivity contribution in [3.8, 4) is 0 Å². The number of fused-ring (bicyclic) bond motifs is 1. The Morgan fingerprint density at radius 2 is 2.12 bits per heavy atom. The molecular weight excluding hydrogens is 204 g/mol. The number of hydrogen-bond donors (Lipinski definition) is 1. The number of benzene rings is 1. The zero-order valence-corrected chi connectivity index (χ0v) is 9.19. The molecule has 0 amide bonds. The van der Waals surface area contributed by atoms with Gasteiger partial charge in [0.15, 0.2) is 0 Å². The van der Waals surface area contributed by atoms with Crippen LogP contribution < -0.4 is 0 Å². The van der Waals surface area contributed by atoms with Crippen molar-refractivity contribution in [3.05, 3.63) is 35.6 Å². The number of carboxylic acids is 1. The Kier molecular flexibility index (Phi) is 2.95. The fourth-order valence-corrected chi connectivity index (χ4v) is 1.86. The molecule has 3 nitrogen and oxygen atoms in total. The molecule has 0 bridgehead atoms. The monoisotopic (exact) mass is 218 g/mol. The summed E-state index contributed by atoms with van der Waals surface area (Å²) in [5.41, 5.74) is 2.01. The number of furan rings is 1. The molecule has 0 saturated carbocycles. The van der Waals surface area contributed by atoms with Crippen molar-refractivity contribution >= 4 is 16.9 Å². The molecule has 0 aliphatic heterocycles. The van der Waals surface area contributed by atoms with Gasteiger partial charge in [0, 0.05) is 18.2 Å². The molecule has 16 heavy (non-hydrogen) atoms. The van der Waals surface area contributed by atoms with Crippen LogP contribution in [0.5, 0.6) is 0 Å². The number of carbonyl (C=O) groups is 1. The summed E-state index contributed by atoms with van der Waals surface area (Å²) in [7, 11) is 0. The minimum Gasteiger partial charge on any atom is -0.481 e. The molecule has 0 saturated heterocycles. The fourth-order valence-electron chi connectivity index (χ4n) is 1.86. The van der Waals surface area contributed by atoms with Crippen LogP contribution in [-0.4, -0.2) is 11.1 Å². The van der Waals surface area contributed by atoms with Gasteiger partial charge in [-0.1, -0.05) is 18.2 Å². The van der Waals surface area contributed by atoms with E-state index in [4.69, 9.17) is 9.52 Å². The first-order valence-corrected chi connectivity index (χ1v) is 5.37. The van der Waals surface area contributed by atoms with Crippen LogP contribution in [0.3, 0.4) is 0 Å². The molecule has 1 aromatic carbocycles. The summed E-state index contributed by atoms with van der Waals surface area (Å²) in [4.78, 5) is 10.4. The van der Waals surface area contributed by atoms with Crippen LogP contribution in [0.2, 0.25) is 0 Å². The van der Waals surface area contributed by atoms with E-state index < -0.39 is 5.97 Å². The lowest BCUT2D eigenvalue weighted by Crippen LogP contribution is -1.95. The third-order valence-corrected chi connectivity index (χ3v) is 2.74. The second kappa shape index (κ2) is 4.39. The van der Waals surface area contributed by atoms with Crippen LogP contribution >= 0.6 is 0 Å². The van der Waals surface area contributed by atoms with Crippen LogP contribution in [0.15, 0.2) is 28.7 Å². The minimum atomic E-state index is -0.756. The molecule has 0 atom stereocenters. The van der Waals surface area contributed by atoms with Gasteiger partial charge >= 0.3 is 5.97 Å². The SMILES string of the molecule is Cc1c(CCCC(=O)O)oc2ccccc12. The van der Waals surface area contributed by atoms with E-state index in [1.165, 1.54) is 0 Å². The van der Waals surface area contributed by atoms with Crippen molar-refractivity contribution in [2.24, 2.45) is 0 Å². The molecule has 0 aliphatic carbocycles. The van der Waals surface area contributed by atoms with Gasteiger partial charge in [0.2, 0.25) is 0 Å². The molecule has 0 aliphatic rings. The van der Waals surface area contributed by atoms with Gasteiger partial charge in [0.1, 0.15) is 11.3 Å². The topological polar surface area (TPSA) is 50.4 Å². The highest BCUT2D eigenvalue weighted by Crippen LogP contribution is 2.25. The molecule has 0 unspecified atom stereocenters. The van der Waals surface area contributed by atoms with Gasteiger partial charge in [-0.05, 0) is 25.0 Å². The van der Waals surface area contributed by atoms with Crippen LogP contribution in [0.25, 0.3) is 11.0 Å². The van der Waals surface area contributed by atoms with Gasteiger partial charge in [0.25, 0.3) is 0 Å². The summed E-state index contributed by atoms with van der Waals surface area (Å²) >= 11 is 0. The smallest absolute Gasteiger partial charge is 0.303 e. The van der Waals surface area contributed by atoms with Crippen molar-refractivity contribution in [3.63, 3.8) is 0 Å². The lowest BCUT2D eigenvalue weighted by molar-refractivity contribution is -0.137. The summed E-state index contributed by atoms with van der Waals surface area (Å²) in [6.45, 7) is 2.02. The Bertz CT molecular complexity index is 511. The standard InChI is InChI=1S/C13H14O3/c1-9-10-5-2-3-6-12(10)16-11(9)7-4-8-13(14)15/h2-3,5-6H,4,7-8H2,1H3,(H,14,15). The highest BCUT2D eigenvalue weighted by atomic mass is 16.4. The molecule has 84 valence electrons. The van der Waals surface area contributed by atoms with E-state index >= 15 is 0 Å². The Labute approximate surface area is 93.7 Å². The minimum absolute atomic E-state index is 0.191. The molecule has 1 aromatic heterocycles. The van der Waals surface area contributed by atoms with Crippen LogP contribution in [0.1, 0.15) is 24.2 Å². The summed E-state index contributed by atoms with van der Waals surface area (Å²) in [6.07, 6.45) is 1.50. The average Bonchev–Trinajstić information content (AvgIpc) is 2.56. The summed E-state index contributed by atoms with van der Waals surface area (Å²) < 4.78 is 5.69. The third kappa shape index (κ3) is 2.08. The molecule has 2 aromatic rings. The van der Waals surface area contributed by atoms with Crippen LogP contribution in [-0.2, 0) is 11.2 Å². The lowest BCUT2D eigenvalue weighted by Gasteiger charge is -1.96. The number of carboxylic acid groups (broad SMARTS) is 1. The fraction of sp³-hybridized carbons (Fsp3) is 0.308. The molecule has 3 heteroatoms. The van der Waals surface area contributed by atoms with Crippen molar-refractivity contribution in [1.29, 1.82) is 0 Å². The Hall–Kier alpha value is -1.77. The lowest BCUT2D eigenvalue weighted by atomic mass is 10.1. The second-order valence-electron chi connectivity index (χ2n) is 3.89. The predicted octanol–water partition coefficient (Wildman–Crippen LogP) is 3.15. The normalized spacial score (nSPS) is 10.8. The first-order chi connectivity index (χ1) is 7.68.